The van der Waals surface area contributed by atoms with Crippen molar-refractivity contribution in [3.8, 4) is 11.7 Å². The van der Waals surface area contributed by atoms with Crippen LogP contribution < -0.4 is 15.8 Å². The van der Waals surface area contributed by atoms with E-state index in [4.69, 9.17) is 14.9 Å². The van der Waals surface area contributed by atoms with Crippen molar-refractivity contribution in [2.45, 2.75) is 13.0 Å². The highest BCUT2D eigenvalue weighted by atomic mass is 19.1. The molecule has 0 spiro atoms. The Balaban J connectivity index is 1.91. The molecule has 1 aromatic carbocycles. The van der Waals surface area contributed by atoms with E-state index in [0.29, 0.717) is 10.8 Å². The number of nitrogens with zero attached hydrogens (tertiary/aromatic N) is 1. The standard InChI is InChI=1S/C15H16FN3O5/c1-9(19(22)15(17)21)8-18-14(20)12-6-7-13(24-12)23-11-4-2-10(16)3-5-11/h2-7,9,22H,8H2,1H3,(H2,17,21)(H,18,20). The Bertz CT molecular complexity index is 716. The molecule has 1 heterocycles. The monoisotopic (exact) mass is 337 g/mol. The van der Waals surface area contributed by atoms with Crippen LogP contribution in [-0.2, 0) is 0 Å². The maximum absolute atomic E-state index is 12.8. The van der Waals surface area contributed by atoms with Gasteiger partial charge in [0, 0.05) is 12.6 Å². The Kier molecular flexibility index (Phi) is 5.38. The fourth-order valence-corrected chi connectivity index (χ4v) is 1.75. The largest absolute Gasteiger partial charge is 0.426 e. The first-order valence-corrected chi connectivity index (χ1v) is 6.96. The average molecular weight is 337 g/mol. The van der Waals surface area contributed by atoms with Gasteiger partial charge in [0.05, 0.1) is 6.04 Å². The summed E-state index contributed by atoms with van der Waals surface area (Å²) >= 11 is 0. The van der Waals surface area contributed by atoms with Crippen LogP contribution in [0.2, 0.25) is 0 Å². The Morgan fingerprint density at radius 2 is 2.00 bits per heavy atom. The van der Waals surface area contributed by atoms with Crippen LogP contribution in [0, 0.1) is 5.82 Å². The number of benzene rings is 1. The van der Waals surface area contributed by atoms with Gasteiger partial charge in [-0.2, -0.15) is 0 Å². The molecular formula is C15H16FN3O5. The molecule has 8 nitrogen and oxygen atoms in total. The summed E-state index contributed by atoms with van der Waals surface area (Å²) in [5, 5.41) is 12.1. The van der Waals surface area contributed by atoms with Crippen molar-refractivity contribution in [2.24, 2.45) is 5.73 Å². The molecule has 1 unspecified atom stereocenters. The van der Waals surface area contributed by atoms with Gasteiger partial charge in [-0.25, -0.2) is 14.2 Å². The number of rotatable bonds is 6. The van der Waals surface area contributed by atoms with E-state index < -0.39 is 23.8 Å². The Labute approximate surface area is 136 Å². The molecular weight excluding hydrogens is 321 g/mol. The molecule has 0 bridgehead atoms. The second kappa shape index (κ2) is 7.47. The number of hydrogen-bond acceptors (Lipinski definition) is 5. The number of carbonyl (C=O) groups excluding carboxylic acids is 2. The van der Waals surface area contributed by atoms with Crippen molar-refractivity contribution in [1.29, 1.82) is 0 Å². The van der Waals surface area contributed by atoms with E-state index in [9.17, 15) is 19.2 Å². The van der Waals surface area contributed by atoms with Gasteiger partial charge in [-0.1, -0.05) is 0 Å². The second-order valence-electron chi connectivity index (χ2n) is 4.92. The molecule has 0 radical (unpaired) electrons. The van der Waals surface area contributed by atoms with Gasteiger partial charge in [0.2, 0.25) is 0 Å². The zero-order valence-electron chi connectivity index (χ0n) is 12.7. The Morgan fingerprint density at radius 1 is 1.33 bits per heavy atom. The maximum Gasteiger partial charge on any atom is 0.338 e. The molecule has 0 saturated heterocycles. The van der Waals surface area contributed by atoms with Crippen LogP contribution in [-0.4, -0.2) is 34.8 Å². The predicted molar refractivity (Wildman–Crippen MR) is 80.2 cm³/mol. The van der Waals surface area contributed by atoms with Gasteiger partial charge in [-0.15, -0.1) is 0 Å². The second-order valence-corrected chi connectivity index (χ2v) is 4.92. The van der Waals surface area contributed by atoms with Gasteiger partial charge in [-0.05, 0) is 37.3 Å². The number of amides is 3. The summed E-state index contributed by atoms with van der Waals surface area (Å²) < 4.78 is 23.4. The van der Waals surface area contributed by atoms with Crippen molar-refractivity contribution in [3.63, 3.8) is 0 Å². The highest BCUT2D eigenvalue weighted by molar-refractivity contribution is 5.91. The molecule has 3 amide bonds. The first-order valence-electron chi connectivity index (χ1n) is 6.96. The molecule has 0 fully saturated rings. The quantitative estimate of drug-likeness (QED) is 0.551. The van der Waals surface area contributed by atoms with Crippen LogP contribution in [0.5, 0.6) is 11.7 Å². The van der Waals surface area contributed by atoms with Gasteiger partial charge < -0.3 is 20.2 Å². The summed E-state index contributed by atoms with van der Waals surface area (Å²) in [6.45, 7) is 1.46. The fraction of sp³-hybridized carbons (Fsp3) is 0.200. The van der Waals surface area contributed by atoms with Crippen molar-refractivity contribution < 1.29 is 28.3 Å². The van der Waals surface area contributed by atoms with Gasteiger partial charge in [-0.3, -0.25) is 10.0 Å². The number of nitrogens with one attached hydrogen (secondary N) is 1. The van der Waals surface area contributed by atoms with Crippen LogP contribution in [0.4, 0.5) is 9.18 Å². The highest BCUT2D eigenvalue weighted by Gasteiger charge is 2.18. The van der Waals surface area contributed by atoms with Crippen LogP contribution in [0.1, 0.15) is 17.5 Å². The van der Waals surface area contributed by atoms with Gasteiger partial charge >= 0.3 is 6.03 Å². The molecule has 24 heavy (non-hydrogen) atoms. The summed E-state index contributed by atoms with van der Waals surface area (Å²) in [6.07, 6.45) is 0. The zero-order chi connectivity index (χ0) is 17.7. The van der Waals surface area contributed by atoms with Crippen molar-refractivity contribution in [3.05, 3.63) is 48.0 Å². The van der Waals surface area contributed by atoms with E-state index in [2.05, 4.69) is 5.32 Å². The lowest BCUT2D eigenvalue weighted by Gasteiger charge is -2.20. The number of ether oxygens (including phenoxy) is 1. The molecule has 0 saturated carbocycles. The van der Waals surface area contributed by atoms with Crippen molar-refractivity contribution in [2.75, 3.05) is 6.54 Å². The number of carbonyl (C=O) groups is 2. The lowest BCUT2D eigenvalue weighted by molar-refractivity contribution is -0.0682. The average Bonchev–Trinajstić information content (AvgIpc) is 3.02. The molecule has 2 rings (SSSR count). The fourth-order valence-electron chi connectivity index (χ4n) is 1.75. The van der Waals surface area contributed by atoms with E-state index in [0.717, 1.165) is 0 Å². The molecule has 1 atom stereocenters. The molecule has 0 aliphatic carbocycles. The van der Waals surface area contributed by atoms with E-state index in [-0.39, 0.29) is 18.3 Å². The minimum absolute atomic E-state index is 0.0251. The number of nitrogens with two attached hydrogens (primary N) is 1. The normalized spacial score (nSPS) is 11.6. The third kappa shape index (κ3) is 4.46. The summed E-state index contributed by atoms with van der Waals surface area (Å²) in [5.41, 5.74) is 4.91. The van der Waals surface area contributed by atoms with Gasteiger partial charge in [0.15, 0.2) is 5.76 Å². The molecule has 4 N–H and O–H groups in total. The van der Waals surface area contributed by atoms with Gasteiger partial charge in [0.1, 0.15) is 11.6 Å². The number of primary amides is 1. The number of urea groups is 1. The van der Waals surface area contributed by atoms with Gasteiger partial charge in [0.25, 0.3) is 11.9 Å². The molecule has 9 heteroatoms. The van der Waals surface area contributed by atoms with Crippen molar-refractivity contribution in [1.82, 2.24) is 10.4 Å². The summed E-state index contributed by atoms with van der Waals surface area (Å²) in [5.74, 6) is -0.578. The first kappa shape index (κ1) is 17.3. The van der Waals surface area contributed by atoms with E-state index in [1.807, 2.05) is 0 Å². The lowest BCUT2D eigenvalue weighted by Crippen LogP contribution is -2.45. The van der Waals surface area contributed by atoms with Crippen LogP contribution in [0.15, 0.2) is 40.8 Å². The third-order valence-electron chi connectivity index (χ3n) is 3.04. The first-order chi connectivity index (χ1) is 11.4. The van der Waals surface area contributed by atoms with Crippen LogP contribution >= 0.6 is 0 Å². The Morgan fingerprint density at radius 3 is 2.62 bits per heavy atom. The van der Waals surface area contributed by atoms with Crippen LogP contribution in [0.3, 0.4) is 0 Å². The summed E-state index contributed by atoms with van der Waals surface area (Å²) in [6, 6.07) is 6.38. The minimum Gasteiger partial charge on any atom is -0.426 e. The van der Waals surface area contributed by atoms with E-state index >= 15 is 0 Å². The molecule has 0 aliphatic heterocycles. The number of halogens is 1. The molecule has 1 aromatic heterocycles. The number of hydroxylamine groups is 2. The smallest absolute Gasteiger partial charge is 0.338 e. The molecule has 128 valence electrons. The maximum atomic E-state index is 12.8. The van der Waals surface area contributed by atoms with E-state index in [1.165, 1.54) is 43.3 Å². The van der Waals surface area contributed by atoms with Crippen LogP contribution in [0.25, 0.3) is 0 Å². The lowest BCUT2D eigenvalue weighted by atomic mass is 10.3. The topological polar surface area (TPSA) is 118 Å². The SMILES string of the molecule is CC(CNC(=O)c1ccc(Oc2ccc(F)cc2)o1)N(O)C(N)=O. The number of furan rings is 1. The highest BCUT2D eigenvalue weighted by Crippen LogP contribution is 2.23. The number of hydrogen-bond donors (Lipinski definition) is 3. The summed E-state index contributed by atoms with van der Waals surface area (Å²) in [4.78, 5) is 22.7. The molecule has 0 aliphatic rings. The minimum atomic E-state index is -1.02. The molecule has 2 aromatic rings. The predicted octanol–water partition coefficient (Wildman–Crippen LogP) is 2.10. The van der Waals surface area contributed by atoms with E-state index in [1.54, 1.807) is 0 Å². The third-order valence-corrected chi connectivity index (χ3v) is 3.04. The summed E-state index contributed by atoms with van der Waals surface area (Å²) in [7, 11) is 0. The van der Waals surface area contributed by atoms with Crippen molar-refractivity contribution >= 4 is 11.9 Å². The Hall–Kier alpha value is -3.07. The zero-order valence-corrected chi connectivity index (χ0v) is 12.7.